The number of amides is 6. The first-order valence-corrected chi connectivity index (χ1v) is 17.2. The number of hydrogen-bond acceptors (Lipinski definition) is 9. The minimum absolute atomic E-state index is 0.0193. The van der Waals surface area contributed by atoms with Crippen LogP contribution in [0.3, 0.4) is 0 Å². The van der Waals surface area contributed by atoms with Gasteiger partial charge in [0.15, 0.2) is 0 Å². The number of para-hydroxylation sites is 1. The van der Waals surface area contributed by atoms with E-state index < -0.39 is 77.8 Å². The van der Waals surface area contributed by atoms with Crippen molar-refractivity contribution in [2.45, 2.75) is 102 Å². The van der Waals surface area contributed by atoms with Crippen molar-refractivity contribution < 1.29 is 33.9 Å². The second kappa shape index (κ2) is 16.9. The van der Waals surface area contributed by atoms with Crippen LogP contribution in [0, 0.1) is 5.92 Å². The molecule has 16 heteroatoms. The van der Waals surface area contributed by atoms with Gasteiger partial charge in [-0.25, -0.2) is 0 Å². The Morgan fingerprint density at radius 2 is 1.50 bits per heavy atom. The number of aromatic amines is 1. The van der Waals surface area contributed by atoms with Crippen LogP contribution in [0.15, 0.2) is 30.5 Å². The summed E-state index contributed by atoms with van der Waals surface area (Å²) >= 11 is 0. The molecule has 2 unspecified atom stereocenters. The van der Waals surface area contributed by atoms with E-state index in [0.29, 0.717) is 32.2 Å². The molecule has 6 amide bonds. The zero-order valence-corrected chi connectivity index (χ0v) is 28.9. The maximum absolute atomic E-state index is 14.0. The standard InChI is InChI=1S/C34H51N9O7/c1-18(2)14-24(39-30(46)25(16-35)40-31(47)26-10-6-12-42(26)33(49)22(36)15-28(37)45)34(50)43-13-7-11-27(43)32(48)41-29(19(3)44)21-17-38-23-9-5-4-8-20(21)23/h4-5,8-9,17-19,22,24-27,29,38,44H,6-7,10-16,35-36H2,1-3H3,(H2,37,45)(H,39,46)(H,40,47)(H,41,48)/t19?,22-,24-,25-,26-,27-,29?/m0/s1. The first-order valence-electron chi connectivity index (χ1n) is 17.2. The van der Waals surface area contributed by atoms with Crippen LogP contribution in [0.5, 0.6) is 0 Å². The van der Waals surface area contributed by atoms with E-state index in [0.717, 1.165) is 16.5 Å². The molecule has 2 aliphatic rings. The maximum Gasteiger partial charge on any atom is 0.245 e. The van der Waals surface area contributed by atoms with E-state index in [1.807, 2.05) is 38.1 Å². The molecule has 4 rings (SSSR count). The molecule has 3 heterocycles. The normalized spacial score (nSPS) is 20.6. The van der Waals surface area contributed by atoms with Crippen LogP contribution in [0.25, 0.3) is 10.9 Å². The lowest BCUT2D eigenvalue weighted by molar-refractivity contribution is -0.143. The molecular weight excluding hydrogens is 646 g/mol. The van der Waals surface area contributed by atoms with E-state index in [-0.39, 0.29) is 31.8 Å². The maximum atomic E-state index is 14.0. The van der Waals surface area contributed by atoms with Gasteiger partial charge in [0.2, 0.25) is 35.4 Å². The molecule has 0 aliphatic carbocycles. The van der Waals surface area contributed by atoms with Crippen molar-refractivity contribution in [2.75, 3.05) is 19.6 Å². The lowest BCUT2D eigenvalue weighted by Gasteiger charge is -2.32. The van der Waals surface area contributed by atoms with Crippen molar-refractivity contribution in [2.24, 2.45) is 23.1 Å². The van der Waals surface area contributed by atoms with E-state index in [1.54, 1.807) is 13.1 Å². The Kier molecular flexibility index (Phi) is 12.9. The number of carbonyl (C=O) groups is 6. The van der Waals surface area contributed by atoms with Gasteiger partial charge in [-0.3, -0.25) is 28.8 Å². The molecule has 2 fully saturated rings. The van der Waals surface area contributed by atoms with Crippen LogP contribution in [0.4, 0.5) is 0 Å². The number of aliphatic hydroxyl groups is 1. The molecular formula is C34H51N9O7. The van der Waals surface area contributed by atoms with Crippen molar-refractivity contribution in [3.8, 4) is 0 Å². The molecule has 11 N–H and O–H groups in total. The highest BCUT2D eigenvalue weighted by Gasteiger charge is 2.41. The van der Waals surface area contributed by atoms with Gasteiger partial charge in [-0.05, 0) is 51.0 Å². The number of primary amides is 1. The highest BCUT2D eigenvalue weighted by molar-refractivity contribution is 5.97. The molecule has 2 saturated heterocycles. The van der Waals surface area contributed by atoms with Gasteiger partial charge in [-0.2, -0.15) is 0 Å². The van der Waals surface area contributed by atoms with E-state index in [4.69, 9.17) is 17.2 Å². The predicted octanol–water partition coefficient (Wildman–Crippen LogP) is -1.13. The van der Waals surface area contributed by atoms with Gasteiger partial charge in [-0.1, -0.05) is 32.0 Å². The van der Waals surface area contributed by atoms with Gasteiger partial charge < -0.3 is 53.0 Å². The smallest absolute Gasteiger partial charge is 0.245 e. The number of aromatic nitrogens is 1. The van der Waals surface area contributed by atoms with Crippen LogP contribution >= 0.6 is 0 Å². The van der Waals surface area contributed by atoms with Crippen molar-refractivity contribution in [3.63, 3.8) is 0 Å². The van der Waals surface area contributed by atoms with Crippen molar-refractivity contribution in [1.82, 2.24) is 30.7 Å². The molecule has 0 saturated carbocycles. The van der Waals surface area contributed by atoms with Gasteiger partial charge in [-0.15, -0.1) is 0 Å². The Hall–Kier alpha value is -4.54. The Labute approximate surface area is 291 Å². The number of hydrogen-bond donors (Lipinski definition) is 8. The quantitative estimate of drug-likeness (QED) is 0.112. The number of H-pyrrole nitrogens is 1. The average molecular weight is 698 g/mol. The number of fused-ring (bicyclic) bond motifs is 1. The van der Waals surface area contributed by atoms with Gasteiger partial charge in [0, 0.05) is 42.3 Å². The molecule has 0 radical (unpaired) electrons. The Bertz CT molecular complexity index is 1560. The number of benzene rings is 1. The number of rotatable bonds is 15. The predicted molar refractivity (Wildman–Crippen MR) is 184 cm³/mol. The van der Waals surface area contributed by atoms with Crippen molar-refractivity contribution >= 4 is 46.3 Å². The topological polar surface area (TPSA) is 259 Å². The molecule has 1 aromatic heterocycles. The number of likely N-dealkylation sites (tertiary alicyclic amines) is 2. The van der Waals surface area contributed by atoms with Gasteiger partial charge in [0.1, 0.15) is 24.2 Å². The second-order valence-corrected chi connectivity index (χ2v) is 13.7. The molecule has 2 aromatic rings. The largest absolute Gasteiger partial charge is 0.391 e. The average Bonchev–Trinajstić information content (AvgIpc) is 3.84. The van der Waals surface area contributed by atoms with Crippen LogP contribution in [0.1, 0.15) is 70.9 Å². The minimum Gasteiger partial charge on any atom is -0.391 e. The van der Waals surface area contributed by atoms with E-state index in [2.05, 4.69) is 20.9 Å². The Morgan fingerprint density at radius 3 is 2.08 bits per heavy atom. The zero-order chi connectivity index (χ0) is 36.7. The number of nitrogens with one attached hydrogen (secondary N) is 4. The fourth-order valence-corrected chi connectivity index (χ4v) is 6.85. The summed E-state index contributed by atoms with van der Waals surface area (Å²) in [5, 5.41) is 19.8. The van der Waals surface area contributed by atoms with E-state index in [1.165, 1.54) is 9.80 Å². The minimum atomic E-state index is -1.22. The summed E-state index contributed by atoms with van der Waals surface area (Å²) in [5.74, 6) is -3.51. The van der Waals surface area contributed by atoms with E-state index >= 15 is 0 Å². The van der Waals surface area contributed by atoms with Gasteiger partial charge in [0.05, 0.1) is 24.6 Å². The molecule has 274 valence electrons. The molecule has 7 atom stereocenters. The molecule has 0 bridgehead atoms. The fraction of sp³-hybridized carbons (Fsp3) is 0.588. The van der Waals surface area contributed by atoms with Crippen molar-refractivity contribution in [3.05, 3.63) is 36.0 Å². The summed E-state index contributed by atoms with van der Waals surface area (Å²) < 4.78 is 0. The number of nitrogens with zero attached hydrogens (tertiary/aromatic N) is 2. The van der Waals surface area contributed by atoms with Crippen LogP contribution in [0.2, 0.25) is 0 Å². The number of aliphatic hydroxyl groups excluding tert-OH is 1. The summed E-state index contributed by atoms with van der Waals surface area (Å²) in [6.45, 7) is 5.64. The SMILES string of the molecule is CC(C)C[C@H](NC(=O)[C@H](CN)NC(=O)[C@@H]1CCCN1C(=O)[C@@H](N)CC(N)=O)C(=O)N1CCC[C@H]1C(=O)NC(c1c[nH]c2ccccc12)C(C)O. The summed E-state index contributed by atoms with van der Waals surface area (Å²) in [4.78, 5) is 84.5. The molecule has 0 spiro atoms. The monoisotopic (exact) mass is 697 g/mol. The Balaban J connectivity index is 1.44. The van der Waals surface area contributed by atoms with Crippen LogP contribution in [-0.4, -0.2) is 111 Å². The highest BCUT2D eigenvalue weighted by Crippen LogP contribution is 2.28. The van der Waals surface area contributed by atoms with Gasteiger partial charge in [0.25, 0.3) is 0 Å². The van der Waals surface area contributed by atoms with Crippen molar-refractivity contribution in [1.29, 1.82) is 0 Å². The molecule has 1 aromatic carbocycles. The molecule has 50 heavy (non-hydrogen) atoms. The highest BCUT2D eigenvalue weighted by atomic mass is 16.3. The fourth-order valence-electron chi connectivity index (χ4n) is 6.85. The van der Waals surface area contributed by atoms with Gasteiger partial charge >= 0.3 is 0 Å². The van der Waals surface area contributed by atoms with Crippen LogP contribution < -0.4 is 33.2 Å². The Morgan fingerprint density at radius 1 is 0.900 bits per heavy atom. The lowest BCUT2D eigenvalue weighted by atomic mass is 10.00. The summed E-state index contributed by atoms with van der Waals surface area (Å²) in [6, 6.07) is 1.65. The molecule has 16 nitrogen and oxygen atoms in total. The third kappa shape index (κ3) is 8.97. The third-order valence-corrected chi connectivity index (χ3v) is 9.34. The van der Waals surface area contributed by atoms with E-state index in [9.17, 15) is 33.9 Å². The summed E-state index contributed by atoms with van der Waals surface area (Å²) in [7, 11) is 0. The first kappa shape index (κ1) is 38.3. The van der Waals surface area contributed by atoms with Crippen LogP contribution in [-0.2, 0) is 28.8 Å². The molecule has 2 aliphatic heterocycles. The number of nitrogens with two attached hydrogens (primary N) is 3. The second-order valence-electron chi connectivity index (χ2n) is 13.7. The summed E-state index contributed by atoms with van der Waals surface area (Å²) in [5.41, 5.74) is 18.5. The zero-order valence-electron chi connectivity index (χ0n) is 28.9. The first-order chi connectivity index (χ1) is 23.7. The lowest BCUT2D eigenvalue weighted by Crippen LogP contribution is -2.60. The summed E-state index contributed by atoms with van der Waals surface area (Å²) in [6.07, 6.45) is 2.53. The number of carbonyl (C=O) groups excluding carboxylic acids is 6. The third-order valence-electron chi connectivity index (χ3n) is 9.34.